The molecule has 0 unspecified atom stereocenters. The number of hydrogen-bond acceptors (Lipinski definition) is 5. The average Bonchev–Trinajstić information content (AvgIpc) is 3.37. The second kappa shape index (κ2) is 9.93. The molecular weight excluding hydrogens is 450 g/mol. The van der Waals surface area contributed by atoms with E-state index in [1.54, 1.807) is 78.2 Å². The van der Waals surface area contributed by atoms with Crippen molar-refractivity contribution in [2.45, 2.75) is 24.9 Å². The highest BCUT2D eigenvalue weighted by Crippen LogP contribution is 2.24. The normalized spacial score (nSPS) is 11.2. The lowest BCUT2D eigenvalue weighted by atomic mass is 10.1. The Labute approximate surface area is 199 Å². The molecular formula is C26H25N3O4S. The second-order valence-corrected chi connectivity index (χ2v) is 9.90. The Kier molecular flexibility index (Phi) is 6.79. The predicted molar refractivity (Wildman–Crippen MR) is 130 cm³/mol. The summed E-state index contributed by atoms with van der Waals surface area (Å²) in [5.41, 5.74) is 2.78. The van der Waals surface area contributed by atoms with Crippen LogP contribution >= 0.6 is 0 Å². The molecule has 0 N–H and O–H groups in total. The molecule has 0 saturated carbocycles. The molecule has 174 valence electrons. The maximum absolute atomic E-state index is 13.3. The summed E-state index contributed by atoms with van der Waals surface area (Å²) in [6.07, 6.45) is 4.97. The third-order valence-electron chi connectivity index (χ3n) is 5.47. The summed E-state index contributed by atoms with van der Waals surface area (Å²) in [6, 6.07) is 20.6. The lowest BCUT2D eigenvalue weighted by molar-refractivity contribution is 0.0717. The van der Waals surface area contributed by atoms with E-state index in [0.717, 1.165) is 11.1 Å². The van der Waals surface area contributed by atoms with Gasteiger partial charge in [-0.25, -0.2) is 8.42 Å². The van der Waals surface area contributed by atoms with Crippen LogP contribution in [0.4, 0.5) is 5.69 Å². The molecule has 4 rings (SSSR count). The number of carbonyl (C=O) groups is 1. The van der Waals surface area contributed by atoms with Crippen molar-refractivity contribution >= 4 is 21.6 Å². The fourth-order valence-electron chi connectivity index (χ4n) is 3.51. The number of aromatic nitrogens is 1. The van der Waals surface area contributed by atoms with Crippen LogP contribution in [0, 0.1) is 6.92 Å². The molecule has 34 heavy (non-hydrogen) atoms. The largest absolute Gasteiger partial charge is 0.467 e. The molecule has 0 atom stereocenters. The monoisotopic (exact) mass is 475 g/mol. The minimum Gasteiger partial charge on any atom is -0.467 e. The number of furan rings is 1. The van der Waals surface area contributed by atoms with Gasteiger partial charge in [0.2, 0.25) is 0 Å². The second-order valence-electron chi connectivity index (χ2n) is 7.93. The van der Waals surface area contributed by atoms with E-state index in [4.69, 9.17) is 4.42 Å². The maximum atomic E-state index is 13.3. The molecule has 7 nitrogen and oxygen atoms in total. The molecule has 4 aromatic rings. The first-order valence-electron chi connectivity index (χ1n) is 10.7. The van der Waals surface area contributed by atoms with Gasteiger partial charge in [0.25, 0.3) is 15.9 Å². The van der Waals surface area contributed by atoms with Crippen LogP contribution in [0.5, 0.6) is 0 Å². The van der Waals surface area contributed by atoms with Crippen molar-refractivity contribution < 1.29 is 17.6 Å². The molecule has 0 bridgehead atoms. The van der Waals surface area contributed by atoms with Crippen molar-refractivity contribution in [1.29, 1.82) is 0 Å². The highest BCUT2D eigenvalue weighted by Gasteiger charge is 2.22. The Bertz CT molecular complexity index is 1340. The molecule has 8 heteroatoms. The summed E-state index contributed by atoms with van der Waals surface area (Å²) in [4.78, 5) is 19.3. The number of hydrogen-bond donors (Lipinski definition) is 0. The molecule has 1 amide bonds. The Morgan fingerprint density at radius 3 is 2.29 bits per heavy atom. The van der Waals surface area contributed by atoms with Gasteiger partial charge in [0, 0.05) is 31.5 Å². The molecule has 0 aliphatic carbocycles. The van der Waals surface area contributed by atoms with Gasteiger partial charge in [-0.05, 0) is 67.1 Å². The molecule has 2 aromatic carbocycles. The molecule has 0 fully saturated rings. The number of rotatable bonds is 8. The molecule has 0 aliphatic heterocycles. The minimum absolute atomic E-state index is 0.198. The quantitative estimate of drug-likeness (QED) is 0.370. The van der Waals surface area contributed by atoms with Crippen LogP contribution in [-0.4, -0.2) is 31.3 Å². The fourth-order valence-corrected chi connectivity index (χ4v) is 4.70. The van der Waals surface area contributed by atoms with Crippen molar-refractivity contribution in [3.05, 3.63) is 114 Å². The smallest absolute Gasteiger partial charge is 0.264 e. The highest BCUT2D eigenvalue weighted by atomic mass is 32.2. The predicted octanol–water partition coefficient (Wildman–Crippen LogP) is 4.65. The third-order valence-corrected chi connectivity index (χ3v) is 7.27. The van der Waals surface area contributed by atoms with Crippen molar-refractivity contribution in [3.63, 3.8) is 0 Å². The number of pyridine rings is 1. The zero-order valence-electron chi connectivity index (χ0n) is 19.0. The standard InChI is InChI=1S/C26H25N3O4S/c1-20-7-13-25(14-8-20)34(31,32)28(2)23-11-9-22(10-12-23)26(30)29(19-24-6-4-16-33-24)18-21-5-3-15-27-17-21/h3-17H,18-19H2,1-2H3. The number of anilines is 1. The highest BCUT2D eigenvalue weighted by molar-refractivity contribution is 7.92. The van der Waals surface area contributed by atoms with E-state index < -0.39 is 10.0 Å². The lowest BCUT2D eigenvalue weighted by Gasteiger charge is -2.23. The Morgan fingerprint density at radius 2 is 1.68 bits per heavy atom. The SMILES string of the molecule is Cc1ccc(S(=O)(=O)N(C)c2ccc(C(=O)N(Cc3cccnc3)Cc3ccco3)cc2)cc1. The molecule has 0 saturated heterocycles. The van der Waals surface area contributed by atoms with Gasteiger partial charge in [0.15, 0.2) is 0 Å². The average molecular weight is 476 g/mol. The molecule has 0 aliphatic rings. The van der Waals surface area contributed by atoms with Crippen LogP contribution in [0.25, 0.3) is 0 Å². The summed E-state index contributed by atoms with van der Waals surface area (Å²) in [7, 11) is -2.22. The topological polar surface area (TPSA) is 83.7 Å². The van der Waals surface area contributed by atoms with Gasteiger partial charge < -0.3 is 9.32 Å². The van der Waals surface area contributed by atoms with E-state index in [-0.39, 0.29) is 10.8 Å². The van der Waals surface area contributed by atoms with Gasteiger partial charge in [0.05, 0.1) is 23.4 Å². The Morgan fingerprint density at radius 1 is 0.941 bits per heavy atom. The van der Waals surface area contributed by atoms with Gasteiger partial charge >= 0.3 is 0 Å². The van der Waals surface area contributed by atoms with E-state index in [1.807, 2.05) is 25.1 Å². The first kappa shape index (κ1) is 23.3. The summed E-state index contributed by atoms with van der Waals surface area (Å²) in [6.45, 7) is 2.56. The maximum Gasteiger partial charge on any atom is 0.264 e. The van der Waals surface area contributed by atoms with E-state index >= 15 is 0 Å². The van der Waals surface area contributed by atoms with Crippen molar-refractivity contribution in [3.8, 4) is 0 Å². The van der Waals surface area contributed by atoms with Crippen LogP contribution in [-0.2, 0) is 23.1 Å². The van der Waals surface area contributed by atoms with Crippen LogP contribution in [0.3, 0.4) is 0 Å². The van der Waals surface area contributed by atoms with Gasteiger partial charge in [-0.15, -0.1) is 0 Å². The van der Waals surface area contributed by atoms with Crippen LogP contribution in [0.15, 0.2) is 101 Å². The summed E-state index contributed by atoms with van der Waals surface area (Å²) in [5.74, 6) is 0.466. The number of carbonyl (C=O) groups excluding carboxylic acids is 1. The number of nitrogens with zero attached hydrogens (tertiary/aromatic N) is 3. The van der Waals surface area contributed by atoms with Gasteiger partial charge in [-0.2, -0.15) is 0 Å². The summed E-state index contributed by atoms with van der Waals surface area (Å²) >= 11 is 0. The van der Waals surface area contributed by atoms with Gasteiger partial charge in [0.1, 0.15) is 5.76 Å². The third kappa shape index (κ3) is 5.18. The first-order valence-corrected chi connectivity index (χ1v) is 12.1. The molecule has 2 aromatic heterocycles. The Balaban J connectivity index is 1.55. The number of benzene rings is 2. The van der Waals surface area contributed by atoms with E-state index in [2.05, 4.69) is 4.98 Å². The fraction of sp³-hybridized carbons (Fsp3) is 0.154. The minimum atomic E-state index is -3.71. The van der Waals surface area contributed by atoms with Gasteiger partial charge in [-0.3, -0.25) is 14.1 Å². The van der Waals surface area contributed by atoms with Crippen LogP contribution in [0.1, 0.15) is 27.2 Å². The number of aryl methyl sites for hydroxylation is 1. The van der Waals surface area contributed by atoms with E-state index in [1.165, 1.54) is 11.4 Å². The molecule has 2 heterocycles. The summed E-state index contributed by atoms with van der Waals surface area (Å²) < 4.78 is 32.6. The van der Waals surface area contributed by atoms with E-state index in [0.29, 0.717) is 30.1 Å². The van der Waals surface area contributed by atoms with Gasteiger partial charge in [-0.1, -0.05) is 23.8 Å². The van der Waals surface area contributed by atoms with Crippen LogP contribution < -0.4 is 4.31 Å². The van der Waals surface area contributed by atoms with Crippen LogP contribution in [0.2, 0.25) is 0 Å². The summed E-state index contributed by atoms with van der Waals surface area (Å²) in [5, 5.41) is 0. The zero-order chi connectivity index (χ0) is 24.1. The van der Waals surface area contributed by atoms with E-state index in [9.17, 15) is 13.2 Å². The molecule has 0 radical (unpaired) electrons. The molecule has 0 spiro atoms. The number of sulfonamides is 1. The number of amides is 1. The Hall–Kier alpha value is -3.91. The van der Waals surface area contributed by atoms with Crippen molar-refractivity contribution in [2.75, 3.05) is 11.4 Å². The lowest BCUT2D eigenvalue weighted by Crippen LogP contribution is -2.30. The van der Waals surface area contributed by atoms with Crippen molar-refractivity contribution in [2.24, 2.45) is 0 Å². The zero-order valence-corrected chi connectivity index (χ0v) is 19.8. The van der Waals surface area contributed by atoms with Crippen molar-refractivity contribution in [1.82, 2.24) is 9.88 Å². The first-order chi connectivity index (χ1) is 16.3.